The Morgan fingerprint density at radius 3 is 2.50 bits per heavy atom. The van der Waals surface area contributed by atoms with Crippen molar-refractivity contribution in [1.82, 2.24) is 4.57 Å². The Morgan fingerprint density at radius 2 is 1.95 bits per heavy atom. The summed E-state index contributed by atoms with van der Waals surface area (Å²) in [6, 6.07) is 4.97. The fourth-order valence-corrected chi connectivity index (χ4v) is 2.13. The van der Waals surface area contributed by atoms with Gasteiger partial charge < -0.3 is 9.84 Å². The van der Waals surface area contributed by atoms with Gasteiger partial charge in [-0.25, -0.2) is 0 Å². The van der Waals surface area contributed by atoms with Gasteiger partial charge in [-0.15, -0.1) is 0 Å². The summed E-state index contributed by atoms with van der Waals surface area (Å²) < 4.78 is 6.41. The van der Waals surface area contributed by atoms with Gasteiger partial charge >= 0.3 is 11.9 Å². The van der Waals surface area contributed by atoms with Crippen molar-refractivity contribution in [3.63, 3.8) is 0 Å². The molecule has 1 N–H and O–H groups in total. The van der Waals surface area contributed by atoms with Crippen LogP contribution in [0.4, 0.5) is 0 Å². The molecule has 0 atom stereocenters. The van der Waals surface area contributed by atoms with Crippen molar-refractivity contribution in [1.29, 1.82) is 0 Å². The second-order valence-corrected chi connectivity index (χ2v) is 4.36. The standard InChI is InChI=1S/C14H13NO5/c1-8(16)15-7-12(20-9(2)17)14-10(6-13(18)19)4-3-5-11(14)15/h3-5,7H,6H2,1-2H3,(H,18,19). The van der Waals surface area contributed by atoms with Gasteiger partial charge in [0.05, 0.1) is 18.1 Å². The Hall–Kier alpha value is -2.63. The largest absolute Gasteiger partial charge is 0.481 e. The van der Waals surface area contributed by atoms with Crippen molar-refractivity contribution in [2.45, 2.75) is 20.3 Å². The molecule has 0 bridgehead atoms. The van der Waals surface area contributed by atoms with Crippen LogP contribution in [0.5, 0.6) is 5.75 Å². The summed E-state index contributed by atoms with van der Waals surface area (Å²) in [7, 11) is 0. The lowest BCUT2D eigenvalue weighted by Gasteiger charge is -2.04. The number of fused-ring (bicyclic) bond motifs is 1. The number of carboxylic acid groups (broad SMARTS) is 1. The smallest absolute Gasteiger partial charge is 0.308 e. The van der Waals surface area contributed by atoms with E-state index >= 15 is 0 Å². The van der Waals surface area contributed by atoms with E-state index in [1.165, 1.54) is 24.6 Å². The lowest BCUT2D eigenvalue weighted by molar-refractivity contribution is -0.136. The molecule has 0 aliphatic heterocycles. The average molecular weight is 275 g/mol. The monoisotopic (exact) mass is 275 g/mol. The zero-order valence-electron chi connectivity index (χ0n) is 11.0. The van der Waals surface area contributed by atoms with Crippen LogP contribution in [0.15, 0.2) is 24.4 Å². The number of esters is 1. The molecule has 0 amide bonds. The highest BCUT2D eigenvalue weighted by Crippen LogP contribution is 2.32. The topological polar surface area (TPSA) is 85.6 Å². The van der Waals surface area contributed by atoms with Gasteiger partial charge in [-0.05, 0) is 11.6 Å². The first-order valence-electron chi connectivity index (χ1n) is 5.94. The summed E-state index contributed by atoms with van der Waals surface area (Å²) in [4.78, 5) is 33.6. The molecule has 20 heavy (non-hydrogen) atoms. The fraction of sp³-hybridized carbons (Fsp3) is 0.214. The minimum absolute atomic E-state index is 0.194. The summed E-state index contributed by atoms with van der Waals surface area (Å²) in [5.74, 6) is -1.58. The predicted molar refractivity (Wildman–Crippen MR) is 70.9 cm³/mol. The summed E-state index contributed by atoms with van der Waals surface area (Å²) in [5.41, 5.74) is 1.01. The van der Waals surface area contributed by atoms with E-state index in [-0.39, 0.29) is 18.1 Å². The van der Waals surface area contributed by atoms with Gasteiger partial charge in [-0.2, -0.15) is 0 Å². The molecule has 0 saturated carbocycles. The molecule has 0 spiro atoms. The molecule has 0 unspecified atom stereocenters. The number of aliphatic carboxylic acids is 1. The van der Waals surface area contributed by atoms with E-state index in [0.717, 1.165) is 0 Å². The number of hydrogen-bond donors (Lipinski definition) is 1. The van der Waals surface area contributed by atoms with Gasteiger partial charge in [0, 0.05) is 19.2 Å². The molecule has 6 heteroatoms. The van der Waals surface area contributed by atoms with Crippen molar-refractivity contribution >= 4 is 28.7 Å². The van der Waals surface area contributed by atoms with Gasteiger partial charge in [-0.1, -0.05) is 12.1 Å². The van der Waals surface area contributed by atoms with Crippen LogP contribution in [0.1, 0.15) is 24.2 Å². The van der Waals surface area contributed by atoms with E-state index in [1.807, 2.05) is 0 Å². The SMILES string of the molecule is CC(=O)Oc1cn(C(C)=O)c2cccc(CC(=O)O)c12. The third kappa shape index (κ3) is 2.54. The Balaban J connectivity index is 2.72. The Morgan fingerprint density at radius 1 is 1.25 bits per heavy atom. The minimum Gasteiger partial charge on any atom is -0.481 e. The molecular weight excluding hydrogens is 262 g/mol. The number of nitrogens with zero attached hydrogens (tertiary/aromatic N) is 1. The number of rotatable bonds is 3. The highest BCUT2D eigenvalue weighted by Gasteiger charge is 2.17. The molecular formula is C14H13NO5. The minimum atomic E-state index is -0.998. The number of ether oxygens (including phenoxy) is 1. The van der Waals surface area contributed by atoms with Crippen LogP contribution in [0, 0.1) is 0 Å². The Kier molecular flexibility index (Phi) is 3.56. The number of carbonyl (C=O) groups is 3. The van der Waals surface area contributed by atoms with Gasteiger partial charge in [0.25, 0.3) is 0 Å². The fourth-order valence-electron chi connectivity index (χ4n) is 2.13. The third-order valence-electron chi connectivity index (χ3n) is 2.82. The first-order chi connectivity index (χ1) is 9.40. The molecule has 0 aliphatic carbocycles. The van der Waals surface area contributed by atoms with Crippen molar-refractivity contribution < 1.29 is 24.2 Å². The highest BCUT2D eigenvalue weighted by molar-refractivity contribution is 5.99. The molecule has 0 fully saturated rings. The number of carboxylic acids is 1. The zero-order valence-corrected chi connectivity index (χ0v) is 11.0. The van der Waals surface area contributed by atoms with E-state index < -0.39 is 11.9 Å². The molecule has 0 radical (unpaired) electrons. The Labute approximate surface area is 114 Å². The highest BCUT2D eigenvalue weighted by atomic mass is 16.5. The first-order valence-corrected chi connectivity index (χ1v) is 5.94. The zero-order chi connectivity index (χ0) is 14.9. The van der Waals surface area contributed by atoms with E-state index in [1.54, 1.807) is 18.2 Å². The maximum Gasteiger partial charge on any atom is 0.308 e. The van der Waals surface area contributed by atoms with Gasteiger partial charge in [0.2, 0.25) is 5.91 Å². The molecule has 2 rings (SSSR count). The number of benzene rings is 1. The summed E-state index contributed by atoms with van der Waals surface area (Å²) in [6.45, 7) is 2.62. The van der Waals surface area contributed by atoms with E-state index in [0.29, 0.717) is 16.5 Å². The maximum atomic E-state index is 11.6. The van der Waals surface area contributed by atoms with Crippen LogP contribution in [0.3, 0.4) is 0 Å². The van der Waals surface area contributed by atoms with Crippen LogP contribution in [0.2, 0.25) is 0 Å². The van der Waals surface area contributed by atoms with Crippen molar-refractivity contribution in [3.05, 3.63) is 30.0 Å². The second kappa shape index (κ2) is 5.16. The summed E-state index contributed by atoms with van der Waals surface area (Å²) in [5, 5.41) is 9.41. The van der Waals surface area contributed by atoms with Crippen LogP contribution in [-0.4, -0.2) is 27.5 Å². The normalized spacial score (nSPS) is 10.5. The molecule has 1 heterocycles. The van der Waals surface area contributed by atoms with Crippen molar-refractivity contribution in [2.75, 3.05) is 0 Å². The van der Waals surface area contributed by atoms with Crippen LogP contribution < -0.4 is 4.74 Å². The van der Waals surface area contributed by atoms with Gasteiger partial charge in [0.15, 0.2) is 5.75 Å². The molecule has 2 aromatic rings. The number of hydrogen-bond acceptors (Lipinski definition) is 4. The molecule has 6 nitrogen and oxygen atoms in total. The lowest BCUT2D eigenvalue weighted by atomic mass is 10.1. The van der Waals surface area contributed by atoms with Crippen molar-refractivity contribution in [3.8, 4) is 5.75 Å². The first kappa shape index (κ1) is 13.8. The molecule has 0 saturated heterocycles. The number of aromatic nitrogens is 1. The van der Waals surface area contributed by atoms with Crippen LogP contribution in [-0.2, 0) is 16.0 Å². The Bertz CT molecular complexity index is 714. The van der Waals surface area contributed by atoms with Crippen molar-refractivity contribution in [2.24, 2.45) is 0 Å². The average Bonchev–Trinajstić information content (AvgIpc) is 2.68. The maximum absolute atomic E-state index is 11.6. The van der Waals surface area contributed by atoms with Gasteiger partial charge in [-0.3, -0.25) is 19.0 Å². The molecule has 1 aromatic carbocycles. The molecule has 1 aromatic heterocycles. The van der Waals surface area contributed by atoms with E-state index in [2.05, 4.69) is 0 Å². The summed E-state index contributed by atoms with van der Waals surface area (Å²) >= 11 is 0. The molecule has 0 aliphatic rings. The van der Waals surface area contributed by atoms with E-state index in [4.69, 9.17) is 9.84 Å². The van der Waals surface area contributed by atoms with Crippen LogP contribution in [0.25, 0.3) is 10.9 Å². The number of carbonyl (C=O) groups excluding carboxylic acids is 2. The van der Waals surface area contributed by atoms with E-state index in [9.17, 15) is 14.4 Å². The second-order valence-electron chi connectivity index (χ2n) is 4.36. The molecule has 104 valence electrons. The third-order valence-corrected chi connectivity index (χ3v) is 2.82. The quantitative estimate of drug-likeness (QED) is 0.864. The summed E-state index contributed by atoms with van der Waals surface area (Å²) in [6.07, 6.45) is 1.19. The van der Waals surface area contributed by atoms with Gasteiger partial charge in [0.1, 0.15) is 0 Å². The lowest BCUT2D eigenvalue weighted by Crippen LogP contribution is -2.04. The predicted octanol–water partition coefficient (Wildman–Crippen LogP) is 1.85. The van der Waals surface area contributed by atoms with Crippen LogP contribution >= 0.6 is 0 Å².